The highest BCUT2D eigenvalue weighted by atomic mass is 32.2. The number of imide groups is 1. The van der Waals surface area contributed by atoms with Crippen molar-refractivity contribution < 1.29 is 35.9 Å². The van der Waals surface area contributed by atoms with Gasteiger partial charge in [-0.1, -0.05) is 12.1 Å². The van der Waals surface area contributed by atoms with E-state index in [0.717, 1.165) is 33.7 Å². The normalized spacial score (nSPS) is 18.3. The predicted octanol–water partition coefficient (Wildman–Crippen LogP) is 4.11. The summed E-state index contributed by atoms with van der Waals surface area (Å²) in [5.74, 6) is 0.0236. The van der Waals surface area contributed by atoms with Gasteiger partial charge in [0.05, 0.1) is 17.7 Å². The number of halogens is 3. The van der Waals surface area contributed by atoms with Gasteiger partial charge in [0.15, 0.2) is 0 Å². The van der Waals surface area contributed by atoms with Crippen molar-refractivity contribution in [3.05, 3.63) is 72.6 Å². The fraction of sp³-hybridized carbons (Fsp3) is 0.208. The number of ether oxygens (including phenoxy) is 1. The highest BCUT2D eigenvalue weighted by Crippen LogP contribution is 2.34. The highest BCUT2D eigenvalue weighted by Gasteiger charge is 2.49. The van der Waals surface area contributed by atoms with Gasteiger partial charge in [-0.05, 0) is 60.5 Å². The van der Waals surface area contributed by atoms with Crippen LogP contribution in [0.3, 0.4) is 0 Å². The van der Waals surface area contributed by atoms with E-state index in [1.54, 1.807) is 37.7 Å². The Morgan fingerprint density at radius 1 is 1.03 bits per heavy atom. The molecule has 1 N–H and O–H groups in total. The molecule has 1 aliphatic rings. The molecule has 1 saturated heterocycles. The van der Waals surface area contributed by atoms with Gasteiger partial charge in [0.2, 0.25) is 0 Å². The SMILES string of the molecule is COc1ccc(-c2cnccc2CC2(C)NC(=O)N(c3ccc(S(=O)(=O)C(F)(F)F)cc3)C2=O)cc1. The van der Waals surface area contributed by atoms with Crippen molar-refractivity contribution in [2.24, 2.45) is 0 Å². The van der Waals surface area contributed by atoms with Gasteiger partial charge in [-0.25, -0.2) is 18.1 Å². The van der Waals surface area contributed by atoms with Gasteiger partial charge in [-0.15, -0.1) is 0 Å². The molecule has 1 atom stereocenters. The van der Waals surface area contributed by atoms with Crippen molar-refractivity contribution in [1.29, 1.82) is 0 Å². The lowest BCUT2D eigenvalue weighted by molar-refractivity contribution is -0.121. The second-order valence-corrected chi connectivity index (χ2v) is 10.2. The van der Waals surface area contributed by atoms with E-state index in [0.29, 0.717) is 17.9 Å². The van der Waals surface area contributed by atoms with E-state index in [4.69, 9.17) is 4.74 Å². The fourth-order valence-corrected chi connectivity index (χ4v) is 4.70. The molecule has 188 valence electrons. The van der Waals surface area contributed by atoms with Crippen LogP contribution in [-0.4, -0.2) is 43.5 Å². The first-order chi connectivity index (χ1) is 16.9. The van der Waals surface area contributed by atoms with Crippen molar-refractivity contribution in [1.82, 2.24) is 10.3 Å². The van der Waals surface area contributed by atoms with Crippen molar-refractivity contribution in [3.63, 3.8) is 0 Å². The molecule has 36 heavy (non-hydrogen) atoms. The Morgan fingerprint density at radius 2 is 1.67 bits per heavy atom. The van der Waals surface area contributed by atoms with Crippen LogP contribution in [0.1, 0.15) is 12.5 Å². The number of urea groups is 1. The molecule has 0 aliphatic carbocycles. The summed E-state index contributed by atoms with van der Waals surface area (Å²) < 4.78 is 66.9. The topological polar surface area (TPSA) is 106 Å². The van der Waals surface area contributed by atoms with Gasteiger partial charge < -0.3 is 10.1 Å². The number of sulfone groups is 1. The molecule has 2 heterocycles. The summed E-state index contributed by atoms with van der Waals surface area (Å²) in [6.45, 7) is 1.54. The number of amides is 3. The van der Waals surface area contributed by atoms with E-state index < -0.39 is 37.7 Å². The summed E-state index contributed by atoms with van der Waals surface area (Å²) in [5.41, 5.74) is -4.63. The van der Waals surface area contributed by atoms with E-state index in [-0.39, 0.29) is 12.1 Å². The second-order valence-electron chi connectivity index (χ2n) is 8.28. The molecule has 2 aromatic carbocycles. The molecule has 1 aliphatic heterocycles. The standard InChI is InChI=1S/C24H20F3N3O5S/c1-23(13-16-11-12-28-14-20(16)15-3-7-18(35-2)8-4-15)21(31)30(22(32)29-23)17-5-9-19(10-6-17)36(33,34)24(25,26)27/h3-12,14H,13H2,1-2H3,(H,29,32). The van der Waals surface area contributed by atoms with E-state index in [1.165, 1.54) is 6.92 Å². The molecule has 3 amide bonds. The maximum Gasteiger partial charge on any atom is 0.501 e. The predicted molar refractivity (Wildman–Crippen MR) is 124 cm³/mol. The van der Waals surface area contributed by atoms with Crippen LogP contribution in [0.5, 0.6) is 5.75 Å². The average molecular weight is 520 g/mol. The summed E-state index contributed by atoms with van der Waals surface area (Å²) in [5, 5.41) is 2.64. The Morgan fingerprint density at radius 3 is 2.25 bits per heavy atom. The second kappa shape index (κ2) is 8.94. The molecule has 8 nitrogen and oxygen atoms in total. The monoisotopic (exact) mass is 519 g/mol. The minimum Gasteiger partial charge on any atom is -0.497 e. The Bertz CT molecular complexity index is 1420. The molecule has 0 radical (unpaired) electrons. The smallest absolute Gasteiger partial charge is 0.497 e. The number of carbonyl (C=O) groups excluding carboxylic acids is 2. The zero-order chi connectivity index (χ0) is 26.3. The summed E-state index contributed by atoms with van der Waals surface area (Å²) in [6, 6.07) is 11.5. The molecule has 1 unspecified atom stereocenters. The van der Waals surface area contributed by atoms with Crippen LogP contribution in [0.4, 0.5) is 23.7 Å². The third kappa shape index (κ3) is 4.39. The number of anilines is 1. The maximum absolute atomic E-state index is 13.3. The van der Waals surface area contributed by atoms with E-state index in [1.807, 2.05) is 12.1 Å². The van der Waals surface area contributed by atoms with Crippen LogP contribution in [-0.2, 0) is 21.1 Å². The van der Waals surface area contributed by atoms with E-state index >= 15 is 0 Å². The first kappa shape index (κ1) is 25.2. The summed E-state index contributed by atoms with van der Waals surface area (Å²) in [4.78, 5) is 30.0. The molecule has 0 saturated carbocycles. The molecule has 12 heteroatoms. The summed E-state index contributed by atoms with van der Waals surface area (Å²) in [7, 11) is -4.01. The molecular formula is C24H20F3N3O5S. The van der Waals surface area contributed by atoms with Gasteiger partial charge in [0.25, 0.3) is 15.7 Å². The van der Waals surface area contributed by atoms with Crippen molar-refractivity contribution in [3.8, 4) is 16.9 Å². The number of nitrogens with one attached hydrogen (secondary N) is 1. The first-order valence-electron chi connectivity index (χ1n) is 10.5. The van der Waals surface area contributed by atoms with Crippen molar-refractivity contribution in [2.45, 2.75) is 29.3 Å². The number of carbonyl (C=O) groups is 2. The summed E-state index contributed by atoms with van der Waals surface area (Å²) >= 11 is 0. The molecule has 0 spiro atoms. The Hall–Kier alpha value is -3.93. The van der Waals surface area contributed by atoms with Gasteiger partial charge in [-0.2, -0.15) is 13.2 Å². The lowest BCUT2D eigenvalue weighted by Gasteiger charge is -2.23. The number of nitrogens with zero attached hydrogens (tertiary/aromatic N) is 2. The van der Waals surface area contributed by atoms with Gasteiger partial charge in [-0.3, -0.25) is 9.78 Å². The van der Waals surface area contributed by atoms with Crippen molar-refractivity contribution >= 4 is 27.5 Å². The van der Waals surface area contributed by atoms with Crippen LogP contribution < -0.4 is 15.0 Å². The minimum atomic E-state index is -5.56. The van der Waals surface area contributed by atoms with Gasteiger partial charge in [0.1, 0.15) is 11.3 Å². The third-order valence-corrected chi connectivity index (χ3v) is 7.33. The zero-order valence-corrected chi connectivity index (χ0v) is 19.9. The van der Waals surface area contributed by atoms with Gasteiger partial charge in [0, 0.05) is 24.4 Å². The Labute approximate surface area is 204 Å². The zero-order valence-electron chi connectivity index (χ0n) is 19.0. The number of hydrogen-bond donors (Lipinski definition) is 1. The molecule has 1 aromatic heterocycles. The van der Waals surface area contributed by atoms with Crippen LogP contribution in [0.2, 0.25) is 0 Å². The van der Waals surface area contributed by atoms with Gasteiger partial charge >= 0.3 is 11.5 Å². The molecule has 1 fully saturated rings. The van der Waals surface area contributed by atoms with Crippen LogP contribution in [0.25, 0.3) is 11.1 Å². The number of hydrogen-bond acceptors (Lipinski definition) is 6. The van der Waals surface area contributed by atoms with Crippen LogP contribution >= 0.6 is 0 Å². The highest BCUT2D eigenvalue weighted by molar-refractivity contribution is 7.92. The summed E-state index contributed by atoms with van der Waals surface area (Å²) in [6.07, 6.45) is 3.29. The number of methoxy groups -OCH3 is 1. The largest absolute Gasteiger partial charge is 0.501 e. The lowest BCUT2D eigenvalue weighted by Crippen LogP contribution is -2.46. The number of alkyl halides is 3. The molecular weight excluding hydrogens is 499 g/mol. The molecule has 0 bridgehead atoms. The molecule has 4 rings (SSSR count). The number of pyridine rings is 1. The third-order valence-electron chi connectivity index (χ3n) is 5.83. The van der Waals surface area contributed by atoms with E-state index in [9.17, 15) is 31.2 Å². The van der Waals surface area contributed by atoms with E-state index in [2.05, 4.69) is 10.3 Å². The number of aromatic nitrogens is 1. The number of rotatable bonds is 6. The molecule has 3 aromatic rings. The Kier molecular flexibility index (Phi) is 6.25. The number of benzene rings is 2. The fourth-order valence-electron chi connectivity index (χ4n) is 3.94. The lowest BCUT2D eigenvalue weighted by atomic mass is 9.89. The average Bonchev–Trinajstić information content (AvgIpc) is 3.06. The minimum absolute atomic E-state index is 0.0625. The van der Waals surface area contributed by atoms with Crippen molar-refractivity contribution in [2.75, 3.05) is 12.0 Å². The maximum atomic E-state index is 13.3. The van der Waals surface area contributed by atoms with Crippen LogP contribution in [0.15, 0.2) is 71.9 Å². The van der Waals surface area contributed by atoms with Crippen LogP contribution in [0, 0.1) is 0 Å². The Balaban J connectivity index is 1.62. The quantitative estimate of drug-likeness (QED) is 0.492. The first-order valence-corrected chi connectivity index (χ1v) is 12.0.